The summed E-state index contributed by atoms with van der Waals surface area (Å²) in [6.07, 6.45) is 0. The minimum absolute atomic E-state index is 0.901. The van der Waals surface area contributed by atoms with Crippen LogP contribution in [0.3, 0.4) is 0 Å². The largest absolute Gasteiger partial charge is 0.497 e. The van der Waals surface area contributed by atoms with Gasteiger partial charge in [0, 0.05) is 0 Å². The van der Waals surface area contributed by atoms with E-state index in [4.69, 9.17) is 4.74 Å². The highest BCUT2D eigenvalue weighted by Crippen LogP contribution is 2.29. The first-order chi connectivity index (χ1) is 10.2. The van der Waals surface area contributed by atoms with Gasteiger partial charge in [0.05, 0.1) is 7.11 Å². The summed E-state index contributed by atoms with van der Waals surface area (Å²) in [5.41, 5.74) is 1.30. The highest BCUT2D eigenvalue weighted by molar-refractivity contribution is 6.05. The Morgan fingerprint density at radius 2 is 1.10 bits per heavy atom. The Bertz CT molecular complexity index is 983. The summed E-state index contributed by atoms with van der Waals surface area (Å²) >= 11 is 0. The van der Waals surface area contributed by atoms with Crippen LogP contribution in [0.15, 0.2) is 60.7 Å². The molecule has 0 aliphatic carbocycles. The van der Waals surface area contributed by atoms with Crippen LogP contribution in [-0.4, -0.2) is 7.11 Å². The first-order valence-corrected chi connectivity index (χ1v) is 7.15. The zero-order valence-corrected chi connectivity index (χ0v) is 12.2. The van der Waals surface area contributed by atoms with E-state index in [9.17, 15) is 0 Å². The van der Waals surface area contributed by atoms with Crippen molar-refractivity contribution in [3.63, 3.8) is 0 Å². The molecule has 1 heteroatoms. The van der Waals surface area contributed by atoms with Crippen molar-refractivity contribution in [2.24, 2.45) is 0 Å². The van der Waals surface area contributed by atoms with Crippen molar-refractivity contribution in [1.82, 2.24) is 0 Å². The minimum atomic E-state index is 0.901. The van der Waals surface area contributed by atoms with Crippen LogP contribution in [0.4, 0.5) is 0 Å². The van der Waals surface area contributed by atoms with Crippen molar-refractivity contribution in [2.75, 3.05) is 7.11 Å². The molecule has 4 aromatic rings. The fourth-order valence-electron chi connectivity index (χ4n) is 2.97. The van der Waals surface area contributed by atoms with Crippen LogP contribution in [0.1, 0.15) is 5.56 Å². The summed E-state index contributed by atoms with van der Waals surface area (Å²) in [5, 5.41) is 7.60. The summed E-state index contributed by atoms with van der Waals surface area (Å²) in [4.78, 5) is 0. The van der Waals surface area contributed by atoms with Gasteiger partial charge >= 0.3 is 0 Å². The molecule has 0 spiro atoms. The molecule has 0 atom stereocenters. The summed E-state index contributed by atoms with van der Waals surface area (Å²) in [6.45, 7) is 2.14. The van der Waals surface area contributed by atoms with Crippen molar-refractivity contribution in [3.8, 4) is 5.75 Å². The van der Waals surface area contributed by atoms with Gasteiger partial charge in [-0.15, -0.1) is 0 Å². The van der Waals surface area contributed by atoms with Gasteiger partial charge in [-0.05, 0) is 75.6 Å². The van der Waals surface area contributed by atoms with Gasteiger partial charge in [0.15, 0.2) is 0 Å². The number of ether oxygens (including phenoxy) is 1. The second-order valence-corrected chi connectivity index (χ2v) is 5.62. The molecule has 0 fully saturated rings. The summed E-state index contributed by atoms with van der Waals surface area (Å²) in [5.74, 6) is 0.901. The number of aryl methyl sites for hydroxylation is 1. The molecule has 4 aromatic carbocycles. The normalized spacial score (nSPS) is 11.3. The molecule has 0 bridgehead atoms. The van der Waals surface area contributed by atoms with Crippen molar-refractivity contribution < 1.29 is 4.74 Å². The number of benzene rings is 4. The van der Waals surface area contributed by atoms with E-state index in [2.05, 4.69) is 61.5 Å². The van der Waals surface area contributed by atoms with Gasteiger partial charge in [-0.25, -0.2) is 0 Å². The Kier molecular flexibility index (Phi) is 2.61. The molecule has 0 unspecified atom stereocenters. The van der Waals surface area contributed by atoms with Crippen LogP contribution in [0.2, 0.25) is 0 Å². The quantitative estimate of drug-likeness (QED) is 0.418. The van der Waals surface area contributed by atoms with Gasteiger partial charge < -0.3 is 4.74 Å². The maximum atomic E-state index is 5.32. The Morgan fingerprint density at radius 3 is 1.76 bits per heavy atom. The molecule has 0 amide bonds. The summed E-state index contributed by atoms with van der Waals surface area (Å²) in [6, 6.07) is 21.9. The van der Waals surface area contributed by atoms with Gasteiger partial charge in [0.2, 0.25) is 0 Å². The average Bonchev–Trinajstić information content (AvgIpc) is 2.50. The van der Waals surface area contributed by atoms with E-state index in [0.29, 0.717) is 0 Å². The second-order valence-electron chi connectivity index (χ2n) is 5.62. The predicted octanol–water partition coefficient (Wildman–Crippen LogP) is 5.46. The van der Waals surface area contributed by atoms with Gasteiger partial charge in [0.1, 0.15) is 5.75 Å². The smallest absolute Gasteiger partial charge is 0.119 e. The topological polar surface area (TPSA) is 9.23 Å². The molecule has 0 N–H and O–H groups in total. The standard InChI is InChI=1S/C20H16O/c1-13-3-4-14-8-18-11-19-12-20(21-2)6-5-15(19)9-17(18)10-16(14)7-13/h3-12H,1-2H3. The number of hydrogen-bond acceptors (Lipinski definition) is 1. The molecule has 1 nitrogen and oxygen atoms in total. The first-order valence-electron chi connectivity index (χ1n) is 7.15. The lowest BCUT2D eigenvalue weighted by molar-refractivity contribution is 0.415. The monoisotopic (exact) mass is 272 g/mol. The predicted molar refractivity (Wildman–Crippen MR) is 90.2 cm³/mol. The van der Waals surface area contributed by atoms with E-state index in [1.54, 1.807) is 7.11 Å². The SMILES string of the molecule is COc1ccc2cc3cc4cc(C)ccc4cc3cc2c1. The van der Waals surface area contributed by atoms with E-state index in [1.165, 1.54) is 37.9 Å². The second kappa shape index (κ2) is 4.49. The van der Waals surface area contributed by atoms with Crippen LogP contribution in [-0.2, 0) is 0 Å². The summed E-state index contributed by atoms with van der Waals surface area (Å²) in [7, 11) is 1.71. The highest BCUT2D eigenvalue weighted by Gasteiger charge is 2.02. The van der Waals surface area contributed by atoms with Crippen molar-refractivity contribution in [1.29, 1.82) is 0 Å². The third-order valence-corrected chi connectivity index (χ3v) is 4.11. The third-order valence-electron chi connectivity index (χ3n) is 4.11. The molecule has 21 heavy (non-hydrogen) atoms. The van der Waals surface area contributed by atoms with Gasteiger partial charge in [-0.2, -0.15) is 0 Å². The third kappa shape index (κ3) is 2.02. The molecular formula is C20H16O. The van der Waals surface area contributed by atoms with Crippen molar-refractivity contribution >= 4 is 32.3 Å². The number of methoxy groups -OCH3 is 1. The maximum absolute atomic E-state index is 5.32. The van der Waals surface area contributed by atoms with Crippen LogP contribution in [0, 0.1) is 6.92 Å². The van der Waals surface area contributed by atoms with Crippen molar-refractivity contribution in [2.45, 2.75) is 6.92 Å². The van der Waals surface area contributed by atoms with E-state index in [1.807, 2.05) is 6.07 Å². The average molecular weight is 272 g/mol. The molecule has 0 aliphatic rings. The summed E-state index contributed by atoms with van der Waals surface area (Å²) < 4.78 is 5.32. The molecule has 0 saturated carbocycles. The zero-order valence-electron chi connectivity index (χ0n) is 12.2. The van der Waals surface area contributed by atoms with Gasteiger partial charge in [-0.1, -0.05) is 29.8 Å². The van der Waals surface area contributed by atoms with E-state index in [0.717, 1.165) is 5.75 Å². The van der Waals surface area contributed by atoms with E-state index < -0.39 is 0 Å². The number of fused-ring (bicyclic) bond motifs is 3. The number of rotatable bonds is 1. The maximum Gasteiger partial charge on any atom is 0.119 e. The van der Waals surface area contributed by atoms with E-state index >= 15 is 0 Å². The molecule has 0 aliphatic heterocycles. The molecular weight excluding hydrogens is 256 g/mol. The minimum Gasteiger partial charge on any atom is -0.497 e. The number of hydrogen-bond donors (Lipinski definition) is 0. The molecule has 0 heterocycles. The Balaban J connectivity index is 2.07. The lowest BCUT2D eigenvalue weighted by atomic mass is 9.99. The highest BCUT2D eigenvalue weighted by atomic mass is 16.5. The Hall–Kier alpha value is -2.54. The van der Waals surface area contributed by atoms with Crippen LogP contribution in [0.5, 0.6) is 5.75 Å². The lowest BCUT2D eigenvalue weighted by Crippen LogP contribution is -1.83. The van der Waals surface area contributed by atoms with Crippen LogP contribution < -0.4 is 4.74 Å². The first kappa shape index (κ1) is 12.2. The Labute approximate surface area is 123 Å². The molecule has 102 valence electrons. The van der Waals surface area contributed by atoms with E-state index in [-0.39, 0.29) is 0 Å². The lowest BCUT2D eigenvalue weighted by Gasteiger charge is -2.07. The van der Waals surface area contributed by atoms with Crippen molar-refractivity contribution in [3.05, 3.63) is 66.2 Å². The van der Waals surface area contributed by atoms with Gasteiger partial charge in [0.25, 0.3) is 0 Å². The molecule has 0 radical (unpaired) electrons. The molecule has 4 rings (SSSR count). The van der Waals surface area contributed by atoms with Gasteiger partial charge in [-0.3, -0.25) is 0 Å². The fourth-order valence-corrected chi connectivity index (χ4v) is 2.97. The van der Waals surface area contributed by atoms with Crippen LogP contribution >= 0.6 is 0 Å². The molecule has 0 aromatic heterocycles. The fraction of sp³-hybridized carbons (Fsp3) is 0.100. The Morgan fingerprint density at radius 1 is 0.571 bits per heavy atom. The zero-order chi connectivity index (χ0) is 14.4. The molecule has 0 saturated heterocycles. The van der Waals surface area contributed by atoms with Crippen LogP contribution in [0.25, 0.3) is 32.3 Å².